The Kier molecular flexibility index (Phi) is 4.74. The number of hydrogen-bond acceptors (Lipinski definition) is 4. The van der Waals surface area contributed by atoms with Crippen molar-refractivity contribution in [1.29, 1.82) is 0 Å². The Labute approximate surface area is 141 Å². The predicted octanol–water partition coefficient (Wildman–Crippen LogP) is 4.07. The van der Waals surface area contributed by atoms with E-state index < -0.39 is 8.32 Å². The zero-order valence-electron chi connectivity index (χ0n) is 15.9. The first kappa shape index (κ1) is 18.5. The van der Waals surface area contributed by atoms with Crippen molar-refractivity contribution in [2.45, 2.75) is 83.8 Å². The summed E-state index contributed by atoms with van der Waals surface area (Å²) in [6.07, 6.45) is 0.991. The summed E-state index contributed by atoms with van der Waals surface area (Å²) in [6.45, 7) is 18.3. The van der Waals surface area contributed by atoms with Gasteiger partial charge in [-0.05, 0) is 38.9 Å². The van der Waals surface area contributed by atoms with Crippen LogP contribution in [0, 0.1) is 0 Å². The van der Waals surface area contributed by atoms with E-state index in [0.717, 1.165) is 12.1 Å². The van der Waals surface area contributed by atoms with E-state index in [9.17, 15) is 0 Å². The molecule has 23 heavy (non-hydrogen) atoms. The van der Waals surface area contributed by atoms with Crippen molar-refractivity contribution < 1.29 is 9.16 Å². The van der Waals surface area contributed by atoms with E-state index in [1.165, 1.54) is 0 Å². The lowest BCUT2D eigenvalue weighted by Crippen LogP contribution is -2.44. The molecular formula is C17H33N3O2Si. The Morgan fingerprint density at radius 1 is 1.26 bits per heavy atom. The highest BCUT2D eigenvalue weighted by Crippen LogP contribution is 2.40. The molecule has 0 saturated carbocycles. The van der Waals surface area contributed by atoms with Gasteiger partial charge in [-0.2, -0.15) is 5.10 Å². The zero-order valence-corrected chi connectivity index (χ0v) is 16.9. The maximum absolute atomic E-state index is 6.47. The maximum Gasteiger partial charge on any atom is 0.192 e. The van der Waals surface area contributed by atoms with E-state index in [0.29, 0.717) is 12.4 Å². The van der Waals surface area contributed by atoms with Crippen LogP contribution in [0.4, 0.5) is 5.82 Å². The summed E-state index contributed by atoms with van der Waals surface area (Å²) >= 11 is 0. The highest BCUT2D eigenvalue weighted by molar-refractivity contribution is 6.74. The molecule has 1 aliphatic rings. The number of nitrogens with two attached hydrogens (primary N) is 1. The maximum atomic E-state index is 6.47. The van der Waals surface area contributed by atoms with Crippen LogP contribution < -0.4 is 5.73 Å². The molecule has 0 radical (unpaired) electrons. The minimum Gasteiger partial charge on any atom is -0.411 e. The van der Waals surface area contributed by atoms with Crippen molar-refractivity contribution in [1.82, 2.24) is 9.78 Å². The van der Waals surface area contributed by atoms with Gasteiger partial charge in [0.15, 0.2) is 8.32 Å². The summed E-state index contributed by atoms with van der Waals surface area (Å²) in [4.78, 5) is 0. The molecule has 1 aliphatic heterocycles. The van der Waals surface area contributed by atoms with Gasteiger partial charge >= 0.3 is 0 Å². The van der Waals surface area contributed by atoms with E-state index in [4.69, 9.17) is 14.9 Å². The molecule has 2 heterocycles. The minimum absolute atomic E-state index is 0.0179. The lowest BCUT2D eigenvalue weighted by Gasteiger charge is -2.38. The van der Waals surface area contributed by atoms with E-state index in [1.54, 1.807) is 0 Å². The molecule has 0 spiro atoms. The third kappa shape index (κ3) is 3.98. The molecular weight excluding hydrogens is 306 g/mol. The summed E-state index contributed by atoms with van der Waals surface area (Å²) < 4.78 is 14.3. The van der Waals surface area contributed by atoms with Gasteiger partial charge in [0, 0.05) is 12.5 Å². The number of rotatable bonds is 3. The normalized spacial score (nSPS) is 23.5. The second-order valence-electron chi connectivity index (χ2n) is 9.13. The van der Waals surface area contributed by atoms with Crippen LogP contribution in [0.15, 0.2) is 6.07 Å². The molecule has 6 heteroatoms. The SMILES string of the molecule is CC(C)(C)n1nc([C@H]2C[C@@H](O[Si](C)(C)C(C)(C)C)CO2)cc1N. The lowest BCUT2D eigenvalue weighted by molar-refractivity contribution is 0.0882. The van der Waals surface area contributed by atoms with Crippen molar-refractivity contribution in [3.05, 3.63) is 11.8 Å². The second-order valence-corrected chi connectivity index (χ2v) is 13.9. The molecule has 2 rings (SSSR count). The van der Waals surface area contributed by atoms with Crippen LogP contribution in [0.3, 0.4) is 0 Å². The molecule has 0 unspecified atom stereocenters. The van der Waals surface area contributed by atoms with Crippen LogP contribution in [0.5, 0.6) is 0 Å². The van der Waals surface area contributed by atoms with Gasteiger partial charge in [-0.1, -0.05) is 20.8 Å². The number of ether oxygens (including phenoxy) is 1. The summed E-state index contributed by atoms with van der Waals surface area (Å²) in [5.41, 5.74) is 6.90. The monoisotopic (exact) mass is 339 g/mol. The molecule has 2 N–H and O–H groups in total. The molecule has 1 aromatic rings. The number of hydrogen-bond donors (Lipinski definition) is 1. The van der Waals surface area contributed by atoms with E-state index in [2.05, 4.69) is 59.7 Å². The largest absolute Gasteiger partial charge is 0.411 e. The molecule has 1 saturated heterocycles. The first-order valence-electron chi connectivity index (χ1n) is 8.46. The van der Waals surface area contributed by atoms with Crippen molar-refractivity contribution >= 4 is 14.1 Å². The summed E-state index contributed by atoms with van der Waals surface area (Å²) in [5, 5.41) is 4.88. The van der Waals surface area contributed by atoms with Gasteiger partial charge in [-0.15, -0.1) is 0 Å². The average molecular weight is 340 g/mol. The standard InChI is InChI=1S/C17H33N3O2Si/c1-16(2,3)20-15(18)10-13(19-20)14-9-12(11-21-14)22-23(7,8)17(4,5)6/h10,12,14H,9,11,18H2,1-8H3/t12-,14-/m1/s1. The zero-order chi connectivity index (χ0) is 17.6. The fraction of sp³-hybridized carbons (Fsp3) is 0.824. The minimum atomic E-state index is -1.77. The average Bonchev–Trinajstić information content (AvgIpc) is 2.92. The molecule has 0 bridgehead atoms. The Hall–Kier alpha value is -0.853. The molecule has 1 fully saturated rings. The molecule has 0 amide bonds. The predicted molar refractivity (Wildman–Crippen MR) is 97.0 cm³/mol. The third-order valence-corrected chi connectivity index (χ3v) is 9.48. The Morgan fingerprint density at radius 2 is 1.87 bits per heavy atom. The summed E-state index contributed by atoms with van der Waals surface area (Å²) in [6, 6.07) is 1.94. The van der Waals surface area contributed by atoms with Crippen molar-refractivity contribution in [3.8, 4) is 0 Å². The fourth-order valence-electron chi connectivity index (χ4n) is 2.59. The van der Waals surface area contributed by atoms with Crippen LogP contribution in [-0.4, -0.2) is 30.8 Å². The molecule has 5 nitrogen and oxygen atoms in total. The van der Waals surface area contributed by atoms with E-state index >= 15 is 0 Å². The van der Waals surface area contributed by atoms with Gasteiger partial charge < -0.3 is 14.9 Å². The van der Waals surface area contributed by atoms with E-state index in [-0.39, 0.29) is 22.8 Å². The van der Waals surface area contributed by atoms with Crippen LogP contribution >= 0.6 is 0 Å². The molecule has 0 aliphatic carbocycles. The van der Waals surface area contributed by atoms with Crippen LogP contribution in [0.25, 0.3) is 0 Å². The van der Waals surface area contributed by atoms with Crippen molar-refractivity contribution in [2.75, 3.05) is 12.3 Å². The third-order valence-electron chi connectivity index (χ3n) is 4.95. The highest BCUT2D eigenvalue weighted by Gasteiger charge is 2.41. The van der Waals surface area contributed by atoms with Gasteiger partial charge in [0.05, 0.1) is 23.9 Å². The van der Waals surface area contributed by atoms with Crippen molar-refractivity contribution in [2.24, 2.45) is 0 Å². The Bertz CT molecular complexity index is 555. The Morgan fingerprint density at radius 3 is 2.35 bits per heavy atom. The smallest absolute Gasteiger partial charge is 0.192 e. The van der Waals surface area contributed by atoms with Gasteiger partial charge in [-0.3, -0.25) is 0 Å². The number of nitrogen functional groups attached to an aromatic ring is 1. The molecule has 1 aromatic heterocycles. The van der Waals surface area contributed by atoms with Crippen LogP contribution in [0.1, 0.15) is 59.8 Å². The number of anilines is 1. The number of aromatic nitrogens is 2. The molecule has 132 valence electrons. The second kappa shape index (κ2) is 5.90. The first-order valence-corrected chi connectivity index (χ1v) is 11.4. The van der Waals surface area contributed by atoms with Gasteiger partial charge in [-0.25, -0.2) is 4.68 Å². The summed E-state index contributed by atoms with van der Waals surface area (Å²) in [7, 11) is -1.77. The van der Waals surface area contributed by atoms with Crippen LogP contribution in [0.2, 0.25) is 18.1 Å². The van der Waals surface area contributed by atoms with E-state index in [1.807, 2.05) is 10.7 Å². The van der Waals surface area contributed by atoms with Gasteiger partial charge in [0.2, 0.25) is 0 Å². The lowest BCUT2D eigenvalue weighted by atomic mass is 10.1. The van der Waals surface area contributed by atoms with Gasteiger partial charge in [0.1, 0.15) is 11.9 Å². The topological polar surface area (TPSA) is 62.3 Å². The fourth-order valence-corrected chi connectivity index (χ4v) is 3.94. The molecule has 2 atom stereocenters. The first-order chi connectivity index (χ1) is 10.3. The van der Waals surface area contributed by atoms with Crippen LogP contribution in [-0.2, 0) is 14.7 Å². The van der Waals surface area contributed by atoms with Gasteiger partial charge in [0.25, 0.3) is 0 Å². The Balaban J connectivity index is 2.07. The number of nitrogens with zero attached hydrogens (tertiary/aromatic N) is 2. The summed E-state index contributed by atoms with van der Waals surface area (Å²) in [5.74, 6) is 0.685. The molecule has 0 aromatic carbocycles. The quantitative estimate of drug-likeness (QED) is 0.843. The van der Waals surface area contributed by atoms with Crippen molar-refractivity contribution in [3.63, 3.8) is 0 Å². The highest BCUT2D eigenvalue weighted by atomic mass is 28.4.